The first kappa shape index (κ1) is 37.1. The molecule has 50 heavy (non-hydrogen) atoms. The number of carbonyl (C=O) groups is 2. The summed E-state index contributed by atoms with van der Waals surface area (Å²) < 4.78 is 13.3. The lowest BCUT2D eigenvalue weighted by molar-refractivity contribution is -0.162. The van der Waals surface area contributed by atoms with Crippen molar-refractivity contribution in [3.63, 3.8) is 0 Å². The van der Waals surface area contributed by atoms with E-state index in [9.17, 15) is 9.59 Å². The molecule has 0 heterocycles. The van der Waals surface area contributed by atoms with Crippen LogP contribution in [0.3, 0.4) is 0 Å². The summed E-state index contributed by atoms with van der Waals surface area (Å²) in [5, 5.41) is 5.51. The van der Waals surface area contributed by atoms with Gasteiger partial charge in [-0.1, -0.05) is 127 Å². The van der Waals surface area contributed by atoms with E-state index < -0.39 is 19.8 Å². The fraction of sp³-hybridized carbons (Fsp3) is 0.409. The van der Waals surface area contributed by atoms with Crippen molar-refractivity contribution < 1.29 is 18.8 Å². The van der Waals surface area contributed by atoms with Gasteiger partial charge in [-0.3, -0.25) is 4.79 Å². The SMILES string of the molecule is C=C[C@@](Cc1cccc(O[Si](C)(C)C(C)(C)C)c1)(NC(=O)c1ccccc1)C(=O)O[C@@H]1C[C@H](C)CC[C@H]1C(C)(C)c1ccc2ccccc2c1. The summed E-state index contributed by atoms with van der Waals surface area (Å²) in [6.45, 7) is 21.9. The zero-order valence-corrected chi connectivity index (χ0v) is 32.2. The Hall–Kier alpha value is -4.16. The lowest BCUT2D eigenvalue weighted by Crippen LogP contribution is -2.57. The van der Waals surface area contributed by atoms with E-state index in [0.29, 0.717) is 11.5 Å². The van der Waals surface area contributed by atoms with Crippen LogP contribution in [0.15, 0.2) is 110 Å². The second-order valence-electron chi connectivity index (χ2n) is 16.4. The number of hydrogen-bond donors (Lipinski definition) is 1. The molecule has 5 nitrogen and oxygen atoms in total. The van der Waals surface area contributed by atoms with Gasteiger partial charge in [0, 0.05) is 17.9 Å². The summed E-state index contributed by atoms with van der Waals surface area (Å²) >= 11 is 0. The molecule has 4 atom stereocenters. The quantitative estimate of drug-likeness (QED) is 0.0967. The second-order valence-corrected chi connectivity index (χ2v) is 21.2. The molecule has 0 saturated heterocycles. The summed E-state index contributed by atoms with van der Waals surface area (Å²) in [6, 6.07) is 31.9. The first-order valence-corrected chi connectivity index (χ1v) is 20.9. The van der Waals surface area contributed by atoms with Crippen LogP contribution in [0.4, 0.5) is 0 Å². The predicted octanol–water partition coefficient (Wildman–Crippen LogP) is 10.4. The number of nitrogens with one attached hydrogen (secondary N) is 1. The molecule has 1 N–H and O–H groups in total. The van der Waals surface area contributed by atoms with Crippen LogP contribution in [0.2, 0.25) is 18.1 Å². The molecule has 4 aromatic rings. The van der Waals surface area contributed by atoms with Crippen molar-refractivity contribution in [1.29, 1.82) is 0 Å². The van der Waals surface area contributed by atoms with Gasteiger partial charge < -0.3 is 14.5 Å². The molecular formula is C44H55NO4Si. The van der Waals surface area contributed by atoms with Gasteiger partial charge in [0.25, 0.3) is 5.91 Å². The van der Waals surface area contributed by atoms with Crippen molar-refractivity contribution in [1.82, 2.24) is 5.32 Å². The smallest absolute Gasteiger partial charge is 0.336 e. The molecular weight excluding hydrogens is 635 g/mol. The zero-order valence-electron chi connectivity index (χ0n) is 31.2. The third-order valence-corrected chi connectivity index (χ3v) is 15.7. The van der Waals surface area contributed by atoms with Gasteiger partial charge in [-0.05, 0) is 88.5 Å². The van der Waals surface area contributed by atoms with E-state index in [-0.39, 0.29) is 34.8 Å². The number of rotatable bonds is 11. The second kappa shape index (κ2) is 14.6. The number of amides is 1. The fourth-order valence-corrected chi connectivity index (χ4v) is 8.08. The molecule has 4 aromatic carbocycles. The number of benzene rings is 4. The predicted molar refractivity (Wildman–Crippen MR) is 208 cm³/mol. The molecule has 6 heteroatoms. The van der Waals surface area contributed by atoms with Gasteiger partial charge in [0.15, 0.2) is 5.54 Å². The van der Waals surface area contributed by atoms with Crippen molar-refractivity contribution >= 4 is 31.0 Å². The highest BCUT2D eigenvalue weighted by molar-refractivity contribution is 6.74. The van der Waals surface area contributed by atoms with E-state index in [2.05, 4.69) is 109 Å². The molecule has 0 aromatic heterocycles. The Morgan fingerprint density at radius 1 is 0.860 bits per heavy atom. The molecule has 0 aliphatic heterocycles. The molecule has 0 bridgehead atoms. The average molecular weight is 690 g/mol. The topological polar surface area (TPSA) is 64.6 Å². The van der Waals surface area contributed by atoms with E-state index in [1.54, 1.807) is 18.2 Å². The number of carbonyl (C=O) groups excluding carboxylic acids is 2. The highest BCUT2D eigenvalue weighted by Gasteiger charge is 2.46. The maximum absolute atomic E-state index is 14.7. The van der Waals surface area contributed by atoms with Crippen molar-refractivity contribution in [2.45, 2.75) is 102 Å². The number of ether oxygens (including phenoxy) is 1. The van der Waals surface area contributed by atoms with Crippen LogP contribution < -0.4 is 9.74 Å². The summed E-state index contributed by atoms with van der Waals surface area (Å²) in [6.07, 6.45) is 4.13. The minimum atomic E-state index is -2.11. The van der Waals surface area contributed by atoms with Crippen LogP contribution in [0, 0.1) is 11.8 Å². The maximum Gasteiger partial charge on any atom is 0.336 e. The fourth-order valence-electron chi connectivity index (χ4n) is 7.06. The number of hydrogen-bond acceptors (Lipinski definition) is 4. The third kappa shape index (κ3) is 8.07. The number of esters is 1. The molecule has 0 spiro atoms. The average Bonchev–Trinajstić information content (AvgIpc) is 3.07. The number of fused-ring (bicyclic) bond motifs is 1. The van der Waals surface area contributed by atoms with Crippen molar-refractivity contribution in [2.75, 3.05) is 0 Å². The summed E-state index contributed by atoms with van der Waals surface area (Å²) in [4.78, 5) is 28.5. The summed E-state index contributed by atoms with van der Waals surface area (Å²) in [5.41, 5.74) is 0.748. The van der Waals surface area contributed by atoms with E-state index in [1.165, 1.54) is 16.3 Å². The normalized spacial score (nSPS) is 19.6. The Morgan fingerprint density at radius 3 is 2.22 bits per heavy atom. The molecule has 0 radical (unpaired) electrons. The Bertz CT molecular complexity index is 1820. The Morgan fingerprint density at radius 2 is 1.54 bits per heavy atom. The highest BCUT2D eigenvalue weighted by atomic mass is 28.4. The first-order chi connectivity index (χ1) is 23.5. The van der Waals surface area contributed by atoms with Gasteiger partial charge in [-0.15, -0.1) is 6.58 Å². The monoisotopic (exact) mass is 689 g/mol. The lowest BCUT2D eigenvalue weighted by atomic mass is 9.64. The van der Waals surface area contributed by atoms with Crippen LogP contribution in [0.1, 0.15) is 82.3 Å². The van der Waals surface area contributed by atoms with Crippen LogP contribution in [-0.4, -0.2) is 31.8 Å². The van der Waals surface area contributed by atoms with Gasteiger partial charge in [-0.2, -0.15) is 0 Å². The maximum atomic E-state index is 14.7. The molecule has 5 rings (SSSR count). The van der Waals surface area contributed by atoms with Crippen LogP contribution in [0.5, 0.6) is 5.75 Å². The van der Waals surface area contributed by atoms with Gasteiger partial charge in [0.2, 0.25) is 8.32 Å². The van der Waals surface area contributed by atoms with Gasteiger partial charge in [-0.25, -0.2) is 4.79 Å². The lowest BCUT2D eigenvalue weighted by Gasteiger charge is -2.45. The van der Waals surface area contributed by atoms with Gasteiger partial charge in [0.1, 0.15) is 11.9 Å². The van der Waals surface area contributed by atoms with Crippen molar-refractivity contribution in [3.8, 4) is 5.75 Å². The van der Waals surface area contributed by atoms with Crippen molar-refractivity contribution in [2.24, 2.45) is 11.8 Å². The van der Waals surface area contributed by atoms with E-state index >= 15 is 0 Å². The van der Waals surface area contributed by atoms with Crippen LogP contribution in [0.25, 0.3) is 10.8 Å². The highest BCUT2D eigenvalue weighted by Crippen LogP contribution is 2.45. The molecule has 0 unspecified atom stereocenters. The van der Waals surface area contributed by atoms with E-state index in [0.717, 1.165) is 30.6 Å². The molecule has 1 saturated carbocycles. The van der Waals surface area contributed by atoms with E-state index in [1.807, 2.05) is 42.5 Å². The largest absolute Gasteiger partial charge is 0.543 e. The Balaban J connectivity index is 1.48. The molecule has 264 valence electrons. The first-order valence-electron chi connectivity index (χ1n) is 18.0. The summed E-state index contributed by atoms with van der Waals surface area (Å²) in [7, 11) is -2.11. The molecule has 1 aliphatic rings. The summed E-state index contributed by atoms with van der Waals surface area (Å²) in [5.74, 6) is 0.385. The Kier molecular flexibility index (Phi) is 10.8. The van der Waals surface area contributed by atoms with Crippen molar-refractivity contribution in [3.05, 3.63) is 126 Å². The Labute approximate surface area is 300 Å². The molecule has 1 amide bonds. The van der Waals surface area contributed by atoms with Gasteiger partial charge in [0.05, 0.1) is 0 Å². The standard InChI is InChI=1S/C44H55NO4Si/c1-10-44(45-40(46)34-19-12-11-13-20-34,30-32-17-16-22-37(28-32)49-50(8,9)42(3,4)5)41(47)48-39-27-31(2)23-26-38(39)43(6,7)36-25-24-33-18-14-15-21-35(33)29-36/h10-22,24-25,28-29,31,38-39H,1,23,26-27,30H2,2-9H3,(H,45,46)/t31-,38-,39-,44+/m1/s1. The van der Waals surface area contributed by atoms with Crippen LogP contribution >= 0.6 is 0 Å². The van der Waals surface area contributed by atoms with E-state index in [4.69, 9.17) is 9.16 Å². The molecule has 1 aliphatic carbocycles. The van der Waals surface area contributed by atoms with Gasteiger partial charge >= 0.3 is 5.97 Å². The minimum Gasteiger partial charge on any atom is -0.543 e. The van der Waals surface area contributed by atoms with Crippen LogP contribution in [-0.2, 0) is 21.4 Å². The molecule has 1 fully saturated rings. The minimum absolute atomic E-state index is 0.0235. The zero-order chi connectivity index (χ0) is 36.3. The third-order valence-electron chi connectivity index (χ3n) is 11.4.